The average Bonchev–Trinajstić information content (AvgIpc) is 3.45. The zero-order valence-corrected chi connectivity index (χ0v) is 20.8. The Hall–Kier alpha value is -3.03. The van der Waals surface area contributed by atoms with E-state index < -0.39 is 0 Å². The van der Waals surface area contributed by atoms with Crippen molar-refractivity contribution in [3.63, 3.8) is 0 Å². The normalized spacial score (nSPS) is 14.5. The van der Waals surface area contributed by atoms with Gasteiger partial charge in [0.25, 0.3) is 0 Å². The maximum absolute atomic E-state index is 8.80. The number of nitrogens with two attached hydrogens (primary N) is 1. The smallest absolute Gasteiger partial charge is 0.158 e. The quantitative estimate of drug-likeness (QED) is 0.283. The number of imidazole rings is 1. The van der Waals surface area contributed by atoms with Crippen molar-refractivity contribution in [1.82, 2.24) is 20.3 Å². The minimum Gasteiger partial charge on any atom is -0.397 e. The molecule has 6 nitrogen and oxygen atoms in total. The van der Waals surface area contributed by atoms with Crippen molar-refractivity contribution < 1.29 is 0 Å². The van der Waals surface area contributed by atoms with Crippen molar-refractivity contribution in [1.29, 1.82) is 5.41 Å². The van der Waals surface area contributed by atoms with Crippen molar-refractivity contribution >= 4 is 28.3 Å². The van der Waals surface area contributed by atoms with Crippen LogP contribution in [0.15, 0.2) is 43.0 Å². The molecule has 0 spiro atoms. The van der Waals surface area contributed by atoms with Crippen LogP contribution in [0.25, 0.3) is 5.57 Å². The molecule has 33 heavy (non-hydrogen) atoms. The SMILES string of the molecule is C=C/C=C(/c1ccc(C)s1)c1nc(C(=N)c2nc(C3CCNCC3)ccc2N)[nH]c1C.CC. The number of hydrogen-bond donors (Lipinski definition) is 4. The van der Waals surface area contributed by atoms with Gasteiger partial charge in [-0.25, -0.2) is 9.97 Å². The van der Waals surface area contributed by atoms with Crippen LogP contribution in [0.3, 0.4) is 0 Å². The third-order valence-corrected chi connectivity index (χ3v) is 6.64. The van der Waals surface area contributed by atoms with E-state index in [0.717, 1.165) is 53.5 Å². The van der Waals surface area contributed by atoms with Crippen molar-refractivity contribution in [3.8, 4) is 0 Å². The molecule has 4 heterocycles. The van der Waals surface area contributed by atoms with Crippen LogP contribution in [-0.4, -0.2) is 33.8 Å². The van der Waals surface area contributed by atoms with Crippen molar-refractivity contribution in [3.05, 3.63) is 81.4 Å². The molecule has 7 heteroatoms. The maximum Gasteiger partial charge on any atom is 0.158 e. The van der Waals surface area contributed by atoms with E-state index in [1.165, 1.54) is 4.88 Å². The van der Waals surface area contributed by atoms with Gasteiger partial charge in [-0.3, -0.25) is 5.41 Å². The molecule has 1 aliphatic rings. The Morgan fingerprint density at radius 1 is 1.12 bits per heavy atom. The van der Waals surface area contributed by atoms with Gasteiger partial charge >= 0.3 is 0 Å². The summed E-state index contributed by atoms with van der Waals surface area (Å²) in [6.07, 6.45) is 5.82. The van der Waals surface area contributed by atoms with Crippen molar-refractivity contribution in [2.45, 2.75) is 46.5 Å². The summed E-state index contributed by atoms with van der Waals surface area (Å²) < 4.78 is 0. The molecule has 0 saturated carbocycles. The number of nitrogen functional groups attached to an aromatic ring is 1. The van der Waals surface area contributed by atoms with Crippen LogP contribution < -0.4 is 11.1 Å². The van der Waals surface area contributed by atoms with Gasteiger partial charge in [0.05, 0.1) is 11.4 Å². The van der Waals surface area contributed by atoms with E-state index in [0.29, 0.717) is 23.1 Å². The highest BCUT2D eigenvalue weighted by atomic mass is 32.1. The third kappa shape index (κ3) is 5.49. The van der Waals surface area contributed by atoms with E-state index in [1.807, 2.05) is 39.0 Å². The second-order valence-electron chi connectivity index (χ2n) is 7.86. The number of thiophene rings is 1. The minimum atomic E-state index is 0.211. The minimum absolute atomic E-state index is 0.211. The predicted molar refractivity (Wildman–Crippen MR) is 140 cm³/mol. The topological polar surface area (TPSA) is 103 Å². The first-order valence-corrected chi connectivity index (χ1v) is 12.3. The standard InChI is InChI=1S/C24H28N6S.C2H6/c1-4-5-17(20-9-6-14(2)31-20)22-15(3)28-24(30-22)21(26)23-18(25)7-8-19(29-23)16-10-12-27-13-11-16;1-2/h4-9,16,26-27H,1,10-13,25H2,2-3H3,(H,28,30);1-2H3/b17-5-,26-21?;. The van der Waals surface area contributed by atoms with Gasteiger partial charge in [0.15, 0.2) is 5.82 Å². The Morgan fingerprint density at radius 3 is 2.48 bits per heavy atom. The van der Waals surface area contributed by atoms with E-state index in [4.69, 9.17) is 21.1 Å². The Labute approximate surface area is 200 Å². The van der Waals surface area contributed by atoms with E-state index in [2.05, 4.69) is 35.9 Å². The molecule has 1 fully saturated rings. The van der Waals surface area contributed by atoms with Crippen LogP contribution in [0.1, 0.15) is 71.0 Å². The summed E-state index contributed by atoms with van der Waals surface area (Å²) >= 11 is 1.71. The Kier molecular flexibility index (Phi) is 8.36. The van der Waals surface area contributed by atoms with Gasteiger partial charge in [-0.05, 0) is 64.0 Å². The van der Waals surface area contributed by atoms with Gasteiger partial charge in [-0.2, -0.15) is 0 Å². The molecule has 3 aromatic rings. The van der Waals surface area contributed by atoms with Crippen molar-refractivity contribution in [2.24, 2.45) is 0 Å². The molecular formula is C26H34N6S. The molecular weight excluding hydrogens is 428 g/mol. The summed E-state index contributed by atoms with van der Waals surface area (Å²) in [4.78, 5) is 15.2. The van der Waals surface area contributed by atoms with Crippen LogP contribution in [-0.2, 0) is 0 Å². The molecule has 0 aliphatic carbocycles. The fourth-order valence-electron chi connectivity index (χ4n) is 3.96. The van der Waals surface area contributed by atoms with E-state index in [9.17, 15) is 0 Å². The van der Waals surface area contributed by atoms with E-state index in [1.54, 1.807) is 17.4 Å². The number of aromatic nitrogens is 3. The number of piperidine rings is 1. The summed E-state index contributed by atoms with van der Waals surface area (Å²) in [7, 11) is 0. The summed E-state index contributed by atoms with van der Waals surface area (Å²) in [5, 5.41) is 12.2. The van der Waals surface area contributed by atoms with Crippen LogP contribution in [0.4, 0.5) is 5.69 Å². The molecule has 0 unspecified atom stereocenters. The fraction of sp³-hybridized carbons (Fsp3) is 0.346. The number of anilines is 1. The lowest BCUT2D eigenvalue weighted by Crippen LogP contribution is -2.27. The maximum atomic E-state index is 8.80. The molecule has 0 amide bonds. The van der Waals surface area contributed by atoms with Crippen molar-refractivity contribution in [2.75, 3.05) is 18.8 Å². The molecule has 5 N–H and O–H groups in total. The zero-order valence-electron chi connectivity index (χ0n) is 20.0. The first kappa shape index (κ1) is 24.6. The molecule has 4 rings (SSSR count). The number of nitrogens with zero attached hydrogens (tertiary/aromatic N) is 2. The number of nitrogens with one attached hydrogen (secondary N) is 3. The van der Waals surface area contributed by atoms with Gasteiger partial charge in [0.1, 0.15) is 11.4 Å². The molecule has 1 saturated heterocycles. The second-order valence-corrected chi connectivity index (χ2v) is 9.15. The third-order valence-electron chi connectivity index (χ3n) is 5.61. The largest absolute Gasteiger partial charge is 0.397 e. The fourth-order valence-corrected chi connectivity index (χ4v) is 4.85. The first-order chi connectivity index (χ1) is 16.0. The average molecular weight is 463 g/mol. The lowest BCUT2D eigenvalue weighted by molar-refractivity contribution is 0.453. The molecule has 174 valence electrons. The lowest BCUT2D eigenvalue weighted by Gasteiger charge is -2.22. The number of aryl methyl sites for hydroxylation is 2. The summed E-state index contributed by atoms with van der Waals surface area (Å²) in [6, 6.07) is 8.04. The molecule has 0 atom stereocenters. The lowest BCUT2D eigenvalue weighted by atomic mass is 9.93. The molecule has 0 radical (unpaired) electrons. The molecule has 1 aliphatic heterocycles. The number of rotatable bonds is 6. The Bertz CT molecular complexity index is 1150. The van der Waals surface area contributed by atoms with Gasteiger partial charge in [0, 0.05) is 32.6 Å². The summed E-state index contributed by atoms with van der Waals surface area (Å²) in [5.41, 5.74) is 11.1. The number of allylic oxidation sites excluding steroid dienone is 2. The number of aromatic amines is 1. The van der Waals surface area contributed by atoms with Gasteiger partial charge in [-0.15, -0.1) is 11.3 Å². The molecule has 0 bridgehead atoms. The zero-order chi connectivity index (χ0) is 24.0. The number of pyridine rings is 1. The highest BCUT2D eigenvalue weighted by molar-refractivity contribution is 7.13. The van der Waals surface area contributed by atoms with E-state index >= 15 is 0 Å². The monoisotopic (exact) mass is 462 g/mol. The van der Waals surface area contributed by atoms with Crippen LogP contribution >= 0.6 is 11.3 Å². The van der Waals surface area contributed by atoms with Gasteiger partial charge in [-0.1, -0.05) is 32.6 Å². The highest BCUT2D eigenvalue weighted by Gasteiger charge is 2.22. The summed E-state index contributed by atoms with van der Waals surface area (Å²) in [5.74, 6) is 0.865. The second kappa shape index (κ2) is 11.2. The highest BCUT2D eigenvalue weighted by Crippen LogP contribution is 2.31. The first-order valence-electron chi connectivity index (χ1n) is 11.5. The van der Waals surface area contributed by atoms with Gasteiger partial charge < -0.3 is 16.0 Å². The predicted octanol–water partition coefficient (Wildman–Crippen LogP) is 5.59. The van der Waals surface area contributed by atoms with E-state index in [-0.39, 0.29) is 5.71 Å². The van der Waals surface area contributed by atoms with Crippen LogP contribution in [0.5, 0.6) is 0 Å². The molecule has 3 aromatic heterocycles. The Morgan fingerprint density at radius 2 is 1.85 bits per heavy atom. The number of H-pyrrole nitrogens is 1. The van der Waals surface area contributed by atoms with Gasteiger partial charge in [0.2, 0.25) is 0 Å². The molecule has 0 aromatic carbocycles. The van der Waals surface area contributed by atoms with Crippen LogP contribution in [0.2, 0.25) is 0 Å². The number of hydrogen-bond acceptors (Lipinski definition) is 6. The Balaban J connectivity index is 0.00000149. The van der Waals surface area contributed by atoms with Crippen LogP contribution in [0, 0.1) is 19.3 Å². The summed E-state index contributed by atoms with van der Waals surface area (Å²) in [6.45, 7) is 13.9.